The summed E-state index contributed by atoms with van der Waals surface area (Å²) in [5, 5.41) is 0. The lowest BCUT2D eigenvalue weighted by molar-refractivity contribution is -0.134. The second kappa shape index (κ2) is 11.5. The maximum atomic E-state index is 11.3. The zero-order valence-corrected chi connectivity index (χ0v) is 16.7. The summed E-state index contributed by atoms with van der Waals surface area (Å²) in [5.41, 5.74) is 2.26. The highest BCUT2D eigenvalue weighted by Crippen LogP contribution is 2.27. The molecule has 0 amide bonds. The molecule has 0 radical (unpaired) electrons. The number of benzene rings is 2. The van der Waals surface area contributed by atoms with E-state index in [-0.39, 0.29) is 24.3 Å². The van der Waals surface area contributed by atoms with E-state index in [0.717, 1.165) is 17.5 Å². The number of carbonyl (C=O) groups is 1. The van der Waals surface area contributed by atoms with Crippen LogP contribution in [0.4, 0.5) is 0 Å². The highest BCUT2D eigenvalue weighted by atomic mass is 16.6. The van der Waals surface area contributed by atoms with Crippen LogP contribution in [0.15, 0.2) is 72.8 Å². The van der Waals surface area contributed by atoms with Gasteiger partial charge in [-0.25, -0.2) is 4.79 Å². The predicted molar refractivity (Wildman–Crippen MR) is 110 cm³/mol. The molecule has 2 aromatic carbocycles. The van der Waals surface area contributed by atoms with E-state index < -0.39 is 0 Å². The van der Waals surface area contributed by atoms with Crippen LogP contribution in [-0.2, 0) is 37.0 Å². The predicted octanol–water partition coefficient (Wildman–Crippen LogP) is 4.07. The lowest BCUT2D eigenvalue weighted by atomic mass is 10.1. The molecule has 1 saturated heterocycles. The first-order valence-corrected chi connectivity index (χ1v) is 9.91. The lowest BCUT2D eigenvalue weighted by Crippen LogP contribution is -2.29. The van der Waals surface area contributed by atoms with Crippen LogP contribution in [0.1, 0.15) is 24.0 Å². The SMILES string of the molecule is COC(=O)/C=C/C[C@@H]1C[C@H](OCc2ccccc2)[C@@H](COCc2ccccc2)O1. The Morgan fingerprint density at radius 3 is 2.34 bits per heavy atom. The van der Waals surface area contributed by atoms with E-state index in [2.05, 4.69) is 4.74 Å². The fourth-order valence-electron chi connectivity index (χ4n) is 3.30. The number of ether oxygens (including phenoxy) is 4. The van der Waals surface area contributed by atoms with E-state index in [1.54, 1.807) is 6.08 Å². The number of methoxy groups -OCH3 is 1. The minimum atomic E-state index is -0.359. The molecule has 0 aromatic heterocycles. The molecule has 1 heterocycles. The Morgan fingerprint density at radius 2 is 1.69 bits per heavy atom. The van der Waals surface area contributed by atoms with Gasteiger partial charge in [0.2, 0.25) is 0 Å². The third kappa shape index (κ3) is 7.13. The largest absolute Gasteiger partial charge is 0.466 e. The summed E-state index contributed by atoms with van der Waals surface area (Å²) in [5.74, 6) is -0.359. The Hall–Kier alpha value is -2.47. The van der Waals surface area contributed by atoms with Crippen molar-refractivity contribution in [3.8, 4) is 0 Å². The Morgan fingerprint density at radius 1 is 1.03 bits per heavy atom. The molecular weight excluding hydrogens is 368 g/mol. The van der Waals surface area contributed by atoms with Crippen molar-refractivity contribution in [2.75, 3.05) is 13.7 Å². The molecule has 0 unspecified atom stereocenters. The highest BCUT2D eigenvalue weighted by molar-refractivity contribution is 5.81. The molecule has 5 nitrogen and oxygen atoms in total. The monoisotopic (exact) mass is 396 g/mol. The fourth-order valence-corrected chi connectivity index (χ4v) is 3.30. The molecule has 0 bridgehead atoms. The second-order valence-electron chi connectivity index (χ2n) is 7.03. The van der Waals surface area contributed by atoms with E-state index in [0.29, 0.717) is 26.2 Å². The topological polar surface area (TPSA) is 54.0 Å². The van der Waals surface area contributed by atoms with E-state index in [9.17, 15) is 4.79 Å². The summed E-state index contributed by atoms with van der Waals surface area (Å²) >= 11 is 0. The van der Waals surface area contributed by atoms with Crippen molar-refractivity contribution in [3.63, 3.8) is 0 Å². The van der Waals surface area contributed by atoms with E-state index in [4.69, 9.17) is 14.2 Å². The summed E-state index contributed by atoms with van der Waals surface area (Å²) in [6, 6.07) is 20.2. The smallest absolute Gasteiger partial charge is 0.330 e. The molecule has 1 aliphatic rings. The first-order valence-electron chi connectivity index (χ1n) is 9.91. The maximum absolute atomic E-state index is 11.3. The number of carbonyl (C=O) groups excluding carboxylic acids is 1. The molecule has 0 N–H and O–H groups in total. The van der Waals surface area contributed by atoms with Crippen LogP contribution in [-0.4, -0.2) is 38.0 Å². The van der Waals surface area contributed by atoms with E-state index >= 15 is 0 Å². The summed E-state index contributed by atoms with van der Waals surface area (Å²) in [4.78, 5) is 11.3. The van der Waals surface area contributed by atoms with Crippen molar-refractivity contribution in [2.45, 2.75) is 44.4 Å². The van der Waals surface area contributed by atoms with Crippen molar-refractivity contribution < 1.29 is 23.7 Å². The van der Waals surface area contributed by atoms with Crippen molar-refractivity contribution in [2.24, 2.45) is 0 Å². The average molecular weight is 396 g/mol. The highest BCUT2D eigenvalue weighted by Gasteiger charge is 2.35. The van der Waals surface area contributed by atoms with E-state index in [1.165, 1.54) is 13.2 Å². The summed E-state index contributed by atoms with van der Waals surface area (Å²) in [6.45, 7) is 1.54. The standard InChI is InChI=1S/C24H28O5/c1-26-24(25)14-8-13-21-15-22(28-17-20-11-6-3-7-12-20)23(29-21)18-27-16-19-9-4-2-5-10-19/h2-12,14,21-23H,13,15-18H2,1H3/b14-8+/t21-,22+,23-/m1/s1. The Labute approximate surface area is 172 Å². The molecule has 3 rings (SSSR count). The Kier molecular flexibility index (Phi) is 8.43. The molecular formula is C24H28O5. The lowest BCUT2D eigenvalue weighted by Gasteiger charge is -2.19. The first kappa shape index (κ1) is 21.2. The molecule has 0 aliphatic carbocycles. The summed E-state index contributed by atoms with van der Waals surface area (Å²) < 4.78 is 22.9. The van der Waals surface area contributed by atoms with Crippen molar-refractivity contribution in [1.29, 1.82) is 0 Å². The third-order valence-electron chi connectivity index (χ3n) is 4.83. The zero-order chi connectivity index (χ0) is 20.3. The Balaban J connectivity index is 1.53. The second-order valence-corrected chi connectivity index (χ2v) is 7.03. The minimum Gasteiger partial charge on any atom is -0.466 e. The van der Waals surface area contributed by atoms with Gasteiger partial charge in [-0.15, -0.1) is 0 Å². The summed E-state index contributed by atoms with van der Waals surface area (Å²) in [7, 11) is 1.37. The normalized spacial score (nSPS) is 21.5. The molecule has 2 aromatic rings. The van der Waals surface area contributed by atoms with Crippen LogP contribution < -0.4 is 0 Å². The van der Waals surface area contributed by atoms with Crippen molar-refractivity contribution >= 4 is 5.97 Å². The van der Waals surface area contributed by atoms with Crippen molar-refractivity contribution in [3.05, 3.63) is 83.9 Å². The molecule has 1 fully saturated rings. The van der Waals surface area contributed by atoms with Gasteiger partial charge in [0.25, 0.3) is 0 Å². The third-order valence-corrected chi connectivity index (χ3v) is 4.83. The van der Waals surface area contributed by atoms with Gasteiger partial charge in [-0.2, -0.15) is 0 Å². The van der Waals surface area contributed by atoms with Crippen LogP contribution in [0.2, 0.25) is 0 Å². The quantitative estimate of drug-likeness (QED) is 0.448. The van der Waals surface area contributed by atoms with Crippen LogP contribution in [0.5, 0.6) is 0 Å². The van der Waals surface area contributed by atoms with E-state index in [1.807, 2.05) is 60.7 Å². The van der Waals surface area contributed by atoms with Gasteiger partial charge < -0.3 is 18.9 Å². The van der Waals surface area contributed by atoms with Gasteiger partial charge >= 0.3 is 5.97 Å². The fraction of sp³-hybridized carbons (Fsp3) is 0.375. The van der Waals surface area contributed by atoms with Crippen LogP contribution in [0, 0.1) is 0 Å². The van der Waals surface area contributed by atoms with Gasteiger partial charge in [-0.3, -0.25) is 0 Å². The maximum Gasteiger partial charge on any atom is 0.330 e. The van der Waals surface area contributed by atoms with Gasteiger partial charge in [0.1, 0.15) is 6.10 Å². The van der Waals surface area contributed by atoms with Crippen LogP contribution >= 0.6 is 0 Å². The molecule has 29 heavy (non-hydrogen) atoms. The molecule has 0 spiro atoms. The average Bonchev–Trinajstić information content (AvgIpc) is 3.15. The van der Waals surface area contributed by atoms with Gasteiger partial charge in [0.15, 0.2) is 0 Å². The minimum absolute atomic E-state index is 0.0120. The zero-order valence-electron chi connectivity index (χ0n) is 16.7. The number of hydrogen-bond donors (Lipinski definition) is 0. The van der Waals surface area contributed by atoms with Crippen molar-refractivity contribution in [1.82, 2.24) is 0 Å². The van der Waals surface area contributed by atoms with Crippen LogP contribution in [0.3, 0.4) is 0 Å². The Bertz CT molecular complexity index is 759. The number of esters is 1. The van der Waals surface area contributed by atoms with Crippen LogP contribution in [0.25, 0.3) is 0 Å². The molecule has 1 aliphatic heterocycles. The van der Waals surface area contributed by atoms with Gasteiger partial charge in [-0.05, 0) is 17.5 Å². The molecule has 154 valence electrons. The van der Waals surface area contributed by atoms with Gasteiger partial charge in [-0.1, -0.05) is 66.7 Å². The van der Waals surface area contributed by atoms with Gasteiger partial charge in [0, 0.05) is 12.5 Å². The van der Waals surface area contributed by atoms with Gasteiger partial charge in [0.05, 0.1) is 39.1 Å². The molecule has 3 atom stereocenters. The number of hydrogen-bond acceptors (Lipinski definition) is 5. The molecule has 0 saturated carbocycles. The molecule has 5 heteroatoms. The number of rotatable bonds is 10. The first-order chi connectivity index (χ1) is 14.2. The summed E-state index contributed by atoms with van der Waals surface area (Å²) in [6.07, 6.45) is 4.41.